The molecule has 0 radical (unpaired) electrons. The normalized spacial score (nSPS) is 11.6. The van der Waals surface area contributed by atoms with E-state index in [0.717, 1.165) is 0 Å². The molecule has 0 bridgehead atoms. The molecule has 0 aliphatic carbocycles. The van der Waals surface area contributed by atoms with Crippen molar-refractivity contribution in [2.24, 2.45) is 0 Å². The highest BCUT2D eigenvalue weighted by molar-refractivity contribution is 6.06. The minimum atomic E-state index is -0.541. The smallest absolute Gasteiger partial charge is 0.374 e. The van der Waals surface area contributed by atoms with Gasteiger partial charge < -0.3 is 13.7 Å². The number of fused-ring (bicyclic) bond motifs is 4. The molecule has 0 saturated heterocycles. The summed E-state index contributed by atoms with van der Waals surface area (Å²) in [5.74, 6) is -0.771. The van der Waals surface area contributed by atoms with E-state index in [1.165, 1.54) is 24.3 Å². The fourth-order valence-corrected chi connectivity index (χ4v) is 3.53. The summed E-state index contributed by atoms with van der Waals surface area (Å²) >= 11 is 0. The Balaban J connectivity index is 1.70. The molecule has 0 aliphatic rings. The number of halogens is 2. The summed E-state index contributed by atoms with van der Waals surface area (Å²) in [5, 5.41) is 0.556. The molecule has 8 heteroatoms. The van der Waals surface area contributed by atoms with E-state index in [9.17, 15) is 13.6 Å². The van der Waals surface area contributed by atoms with Crippen molar-refractivity contribution in [3.8, 4) is 0 Å². The average molecular weight is 407 g/mol. The first-order valence-electron chi connectivity index (χ1n) is 9.34. The second kappa shape index (κ2) is 6.91. The van der Waals surface area contributed by atoms with Gasteiger partial charge in [-0.3, -0.25) is 0 Å². The number of hydrogen-bond acceptors (Lipinski definition) is 5. The Morgan fingerprint density at radius 2 is 1.83 bits per heavy atom. The number of hydrogen-bond donors (Lipinski definition) is 0. The Hall–Kier alpha value is -3.81. The van der Waals surface area contributed by atoms with Crippen LogP contribution in [0.1, 0.15) is 23.2 Å². The van der Waals surface area contributed by atoms with Crippen LogP contribution in [0.4, 0.5) is 8.78 Å². The van der Waals surface area contributed by atoms with E-state index in [2.05, 4.69) is 9.97 Å². The van der Waals surface area contributed by atoms with Crippen molar-refractivity contribution in [1.82, 2.24) is 14.5 Å². The zero-order valence-electron chi connectivity index (χ0n) is 15.9. The standard InChI is InChI=1S/C22H15F2N3O3/c1-2-29-22(28)19-8-5-14(30-19)11-27-18-7-4-12(23)9-15(18)20-21(27)26-16-6-3-13(24)10-17(16)25-20/h3-10H,2,11H2,1H3. The van der Waals surface area contributed by atoms with Gasteiger partial charge in [0.25, 0.3) is 0 Å². The lowest BCUT2D eigenvalue weighted by molar-refractivity contribution is 0.0488. The predicted molar refractivity (Wildman–Crippen MR) is 106 cm³/mol. The van der Waals surface area contributed by atoms with Gasteiger partial charge in [0.1, 0.15) is 22.9 Å². The monoisotopic (exact) mass is 407 g/mol. The van der Waals surface area contributed by atoms with Crippen LogP contribution >= 0.6 is 0 Å². The summed E-state index contributed by atoms with van der Waals surface area (Å²) in [6, 6.07) is 11.7. The maximum atomic E-state index is 14.0. The summed E-state index contributed by atoms with van der Waals surface area (Å²) < 4.78 is 40.0. The lowest BCUT2D eigenvalue weighted by Gasteiger charge is -2.05. The van der Waals surface area contributed by atoms with E-state index in [4.69, 9.17) is 9.15 Å². The number of carbonyl (C=O) groups is 1. The fraction of sp³-hybridized carbons (Fsp3) is 0.136. The Morgan fingerprint density at radius 1 is 1.03 bits per heavy atom. The van der Waals surface area contributed by atoms with E-state index in [1.54, 1.807) is 31.2 Å². The van der Waals surface area contributed by atoms with Gasteiger partial charge in [-0.1, -0.05) is 0 Å². The summed E-state index contributed by atoms with van der Waals surface area (Å²) in [6.45, 7) is 2.21. The molecule has 0 aliphatic heterocycles. The highest BCUT2D eigenvalue weighted by Crippen LogP contribution is 2.30. The quantitative estimate of drug-likeness (QED) is 0.399. The van der Waals surface area contributed by atoms with Gasteiger partial charge >= 0.3 is 5.97 Å². The van der Waals surface area contributed by atoms with Gasteiger partial charge in [-0.2, -0.15) is 0 Å². The zero-order valence-corrected chi connectivity index (χ0v) is 15.9. The molecule has 0 spiro atoms. The van der Waals surface area contributed by atoms with E-state index in [-0.39, 0.29) is 18.9 Å². The van der Waals surface area contributed by atoms with Crippen LogP contribution < -0.4 is 0 Å². The molecule has 150 valence electrons. The molecule has 0 fully saturated rings. The number of ether oxygens (including phenoxy) is 1. The number of rotatable bonds is 4. The van der Waals surface area contributed by atoms with Crippen molar-refractivity contribution < 1.29 is 22.7 Å². The van der Waals surface area contributed by atoms with Crippen LogP contribution in [0.15, 0.2) is 52.9 Å². The van der Waals surface area contributed by atoms with Crippen LogP contribution in [-0.2, 0) is 11.3 Å². The minimum Gasteiger partial charge on any atom is -0.460 e. The molecular weight excluding hydrogens is 392 g/mol. The molecule has 5 rings (SSSR count). The van der Waals surface area contributed by atoms with Crippen LogP contribution in [0.5, 0.6) is 0 Å². The molecule has 6 nitrogen and oxygen atoms in total. The van der Waals surface area contributed by atoms with Crippen LogP contribution in [0.3, 0.4) is 0 Å². The first-order valence-corrected chi connectivity index (χ1v) is 9.34. The average Bonchev–Trinajstić information content (AvgIpc) is 3.30. The Labute approximate surface area is 168 Å². The van der Waals surface area contributed by atoms with Gasteiger partial charge in [-0.15, -0.1) is 0 Å². The first-order chi connectivity index (χ1) is 14.5. The molecule has 0 unspecified atom stereocenters. The molecule has 5 aromatic rings. The Bertz CT molecular complexity index is 1440. The summed E-state index contributed by atoms with van der Waals surface area (Å²) in [7, 11) is 0. The molecule has 3 heterocycles. The highest BCUT2D eigenvalue weighted by atomic mass is 19.1. The van der Waals surface area contributed by atoms with Gasteiger partial charge in [0.2, 0.25) is 5.76 Å². The van der Waals surface area contributed by atoms with E-state index in [0.29, 0.717) is 38.9 Å². The maximum Gasteiger partial charge on any atom is 0.374 e. The van der Waals surface area contributed by atoms with Crippen molar-refractivity contribution in [1.29, 1.82) is 0 Å². The topological polar surface area (TPSA) is 70.2 Å². The molecule has 0 amide bonds. The lowest BCUT2D eigenvalue weighted by Crippen LogP contribution is -2.03. The third-order valence-electron chi connectivity index (χ3n) is 4.82. The van der Waals surface area contributed by atoms with Crippen molar-refractivity contribution in [3.63, 3.8) is 0 Å². The molecule has 3 aromatic heterocycles. The number of furan rings is 1. The Morgan fingerprint density at radius 3 is 2.67 bits per heavy atom. The first kappa shape index (κ1) is 18.2. The second-order valence-electron chi connectivity index (χ2n) is 6.76. The van der Waals surface area contributed by atoms with Crippen molar-refractivity contribution in [2.45, 2.75) is 13.5 Å². The Kier molecular flexibility index (Phi) is 4.20. The number of esters is 1. The summed E-state index contributed by atoms with van der Waals surface area (Å²) in [5.41, 5.74) is 2.55. The van der Waals surface area contributed by atoms with Crippen molar-refractivity contribution in [2.75, 3.05) is 6.61 Å². The molecule has 2 aromatic carbocycles. The number of carbonyl (C=O) groups excluding carboxylic acids is 1. The highest BCUT2D eigenvalue weighted by Gasteiger charge is 2.18. The van der Waals surface area contributed by atoms with Crippen LogP contribution in [0, 0.1) is 11.6 Å². The number of aromatic nitrogens is 3. The van der Waals surface area contributed by atoms with Gasteiger partial charge in [0.05, 0.1) is 29.7 Å². The predicted octanol–water partition coefficient (Wildman–Crippen LogP) is 4.83. The minimum absolute atomic E-state index is 0.102. The molecule has 30 heavy (non-hydrogen) atoms. The molecule has 0 N–H and O–H groups in total. The lowest BCUT2D eigenvalue weighted by atomic mass is 10.2. The third kappa shape index (κ3) is 2.97. The molecule has 0 atom stereocenters. The maximum absolute atomic E-state index is 14.0. The summed E-state index contributed by atoms with van der Waals surface area (Å²) in [4.78, 5) is 21.0. The molecular formula is C22H15F2N3O3. The molecule has 0 saturated carbocycles. The van der Waals surface area contributed by atoms with Crippen LogP contribution in [0.2, 0.25) is 0 Å². The van der Waals surface area contributed by atoms with Gasteiger partial charge in [0.15, 0.2) is 5.65 Å². The zero-order chi connectivity index (χ0) is 20.8. The third-order valence-corrected chi connectivity index (χ3v) is 4.82. The largest absolute Gasteiger partial charge is 0.460 e. The van der Waals surface area contributed by atoms with E-state index in [1.807, 2.05) is 4.57 Å². The second-order valence-corrected chi connectivity index (χ2v) is 6.76. The van der Waals surface area contributed by atoms with E-state index < -0.39 is 17.6 Å². The van der Waals surface area contributed by atoms with Crippen LogP contribution in [0.25, 0.3) is 33.1 Å². The fourth-order valence-electron chi connectivity index (χ4n) is 3.53. The van der Waals surface area contributed by atoms with Crippen LogP contribution in [-0.4, -0.2) is 27.1 Å². The number of nitrogens with zero attached hydrogens (tertiary/aromatic N) is 3. The number of benzene rings is 2. The van der Waals surface area contributed by atoms with Gasteiger partial charge in [-0.05, 0) is 49.4 Å². The van der Waals surface area contributed by atoms with E-state index >= 15 is 0 Å². The van der Waals surface area contributed by atoms with Crippen molar-refractivity contribution >= 4 is 39.1 Å². The van der Waals surface area contributed by atoms with Crippen molar-refractivity contribution in [3.05, 3.63) is 71.7 Å². The van der Waals surface area contributed by atoms with Gasteiger partial charge in [0, 0.05) is 11.5 Å². The van der Waals surface area contributed by atoms with Gasteiger partial charge in [-0.25, -0.2) is 23.5 Å². The SMILES string of the molecule is CCOC(=O)c1ccc(Cn2c3ccc(F)cc3c3nc4cc(F)ccc4nc32)o1. The summed E-state index contributed by atoms with van der Waals surface area (Å²) in [6.07, 6.45) is 0.